The molecule has 128 valence electrons. The summed E-state index contributed by atoms with van der Waals surface area (Å²) in [5, 5.41) is 0. The van der Waals surface area contributed by atoms with E-state index in [1.54, 1.807) is 6.33 Å². The Hall–Kier alpha value is -1.20. The van der Waals surface area contributed by atoms with E-state index in [0.717, 1.165) is 17.0 Å². The van der Waals surface area contributed by atoms with Gasteiger partial charge in [-0.2, -0.15) is 4.98 Å². The lowest BCUT2D eigenvalue weighted by molar-refractivity contribution is 0.507. The first-order valence-corrected chi connectivity index (χ1v) is 18.3. The van der Waals surface area contributed by atoms with Crippen molar-refractivity contribution in [1.82, 2.24) is 19.2 Å². The number of hydrogen-bond acceptors (Lipinski definition) is 5. The summed E-state index contributed by atoms with van der Waals surface area (Å²) in [6.07, 6.45) is 1.63. The summed E-state index contributed by atoms with van der Waals surface area (Å²) < 4.78 is 8.49. The summed E-state index contributed by atoms with van der Waals surface area (Å²) in [4.78, 5) is 17.3. The average Bonchev–Trinajstić information content (AvgIpc) is 2.62. The number of hydrogen-bond donors (Lipinski definition) is 1. The van der Waals surface area contributed by atoms with Crippen molar-refractivity contribution in [2.45, 2.75) is 58.9 Å². The van der Waals surface area contributed by atoms with Gasteiger partial charge in [-0.3, -0.25) is 0 Å². The summed E-state index contributed by atoms with van der Waals surface area (Å²) in [6, 6.07) is 0.706. The van der Waals surface area contributed by atoms with Crippen molar-refractivity contribution in [2.75, 3.05) is 4.98 Å². The third-order valence-electron chi connectivity index (χ3n) is 2.98. The van der Waals surface area contributed by atoms with Crippen molar-refractivity contribution < 1.29 is 4.43 Å². The van der Waals surface area contributed by atoms with E-state index in [9.17, 15) is 0 Å². The van der Waals surface area contributed by atoms with Gasteiger partial charge in [0.25, 0.3) is 6.01 Å². The fourth-order valence-corrected chi connectivity index (χ4v) is 5.40. The molecule has 0 spiro atoms. The van der Waals surface area contributed by atoms with E-state index in [-0.39, 0.29) is 0 Å². The maximum Gasteiger partial charge on any atom is 0.276 e. The van der Waals surface area contributed by atoms with Crippen LogP contribution in [-0.4, -0.2) is 44.0 Å². The molecule has 2 aromatic heterocycles. The Balaban J connectivity index is 2.69. The van der Waals surface area contributed by atoms with Gasteiger partial charge in [0.1, 0.15) is 20.4 Å². The van der Waals surface area contributed by atoms with Crippen LogP contribution < -0.4 is 9.41 Å². The average molecular weight is 368 g/mol. The largest absolute Gasteiger partial charge is 0.519 e. The van der Waals surface area contributed by atoms with Crippen LogP contribution in [0.2, 0.25) is 58.9 Å². The van der Waals surface area contributed by atoms with Gasteiger partial charge >= 0.3 is 0 Å². The number of anilines is 1. The lowest BCUT2D eigenvalue weighted by atomic mass is 10.5. The van der Waals surface area contributed by atoms with Crippen molar-refractivity contribution in [1.29, 1.82) is 0 Å². The SMILES string of the molecule is C[Si](C)(C)Nc1ncnc2c1nc(O[Si](C)(C)C)n2[Si](C)(C)C. The van der Waals surface area contributed by atoms with E-state index in [1.807, 2.05) is 0 Å². The van der Waals surface area contributed by atoms with Crippen LogP contribution in [0, 0.1) is 0 Å². The standard InChI is InChI=1S/C14H29N5OSi3/c1-21(2,3)18-12-11-13(16-10-15-12)19(22(4,5)6)14(17-11)20-23(7,8)9/h10H,1-9H3,(H,15,16,18). The fourth-order valence-electron chi connectivity index (χ4n) is 2.27. The Bertz CT molecular complexity index is 710. The van der Waals surface area contributed by atoms with E-state index in [2.05, 4.69) is 78.1 Å². The predicted molar refractivity (Wildman–Crippen MR) is 105 cm³/mol. The topological polar surface area (TPSA) is 64.9 Å². The molecule has 9 heteroatoms. The van der Waals surface area contributed by atoms with Crippen LogP contribution in [0.1, 0.15) is 0 Å². The molecule has 6 nitrogen and oxygen atoms in total. The maximum absolute atomic E-state index is 6.27. The minimum Gasteiger partial charge on any atom is -0.519 e. The normalized spacial score (nSPS) is 13.4. The lowest BCUT2D eigenvalue weighted by Gasteiger charge is -2.25. The Labute approximate surface area is 142 Å². The van der Waals surface area contributed by atoms with E-state index in [1.165, 1.54) is 0 Å². The van der Waals surface area contributed by atoms with Crippen LogP contribution >= 0.6 is 0 Å². The van der Waals surface area contributed by atoms with Crippen molar-refractivity contribution in [2.24, 2.45) is 0 Å². The molecule has 0 aliphatic heterocycles. The van der Waals surface area contributed by atoms with Crippen LogP contribution in [0.3, 0.4) is 0 Å². The zero-order valence-electron chi connectivity index (χ0n) is 15.8. The molecule has 2 heterocycles. The van der Waals surface area contributed by atoms with Gasteiger partial charge < -0.3 is 13.6 Å². The minimum atomic E-state index is -1.76. The number of nitrogens with one attached hydrogen (secondary N) is 1. The lowest BCUT2D eigenvalue weighted by Crippen LogP contribution is -2.37. The second-order valence-electron chi connectivity index (χ2n) is 8.88. The van der Waals surface area contributed by atoms with E-state index < -0.39 is 24.8 Å². The summed E-state index contributed by atoms with van der Waals surface area (Å²) in [5.41, 5.74) is 1.71. The molecule has 0 aromatic carbocycles. The van der Waals surface area contributed by atoms with Gasteiger partial charge in [-0.25, -0.2) is 9.97 Å². The van der Waals surface area contributed by atoms with Crippen molar-refractivity contribution in [3.05, 3.63) is 6.33 Å². The van der Waals surface area contributed by atoms with Gasteiger partial charge in [-0.1, -0.05) is 39.3 Å². The first-order valence-electron chi connectivity index (χ1n) is 7.99. The monoisotopic (exact) mass is 367 g/mol. The molecule has 0 atom stereocenters. The Kier molecular flexibility index (Phi) is 4.50. The molecule has 0 bridgehead atoms. The van der Waals surface area contributed by atoms with E-state index in [4.69, 9.17) is 9.41 Å². The van der Waals surface area contributed by atoms with Crippen LogP contribution in [0.5, 0.6) is 6.01 Å². The van der Waals surface area contributed by atoms with Crippen LogP contribution in [-0.2, 0) is 0 Å². The molecule has 0 aliphatic rings. The minimum absolute atomic E-state index is 0.706. The molecule has 0 fully saturated rings. The van der Waals surface area contributed by atoms with Gasteiger partial charge in [0, 0.05) is 0 Å². The highest BCUT2D eigenvalue weighted by Crippen LogP contribution is 2.30. The summed E-state index contributed by atoms with van der Waals surface area (Å²) in [5.74, 6) is 0.826. The second-order valence-corrected chi connectivity index (χ2v) is 22.9. The molecule has 0 unspecified atom stereocenters. The zero-order chi connectivity index (χ0) is 17.6. The number of rotatable bonds is 5. The third kappa shape index (κ3) is 4.42. The molecule has 2 aromatic rings. The number of nitrogens with zero attached hydrogens (tertiary/aromatic N) is 4. The van der Waals surface area contributed by atoms with Crippen LogP contribution in [0.15, 0.2) is 6.33 Å². The van der Waals surface area contributed by atoms with Gasteiger partial charge in [0.2, 0.25) is 8.32 Å². The first-order chi connectivity index (χ1) is 10.3. The van der Waals surface area contributed by atoms with Gasteiger partial charge in [-0.05, 0) is 19.6 Å². The highest BCUT2D eigenvalue weighted by molar-refractivity contribution is 6.79. The van der Waals surface area contributed by atoms with Crippen molar-refractivity contribution >= 4 is 41.8 Å². The van der Waals surface area contributed by atoms with E-state index >= 15 is 0 Å². The molecular formula is C14H29N5OSi3. The van der Waals surface area contributed by atoms with E-state index in [0.29, 0.717) is 6.01 Å². The number of fused-ring (bicyclic) bond motifs is 1. The smallest absolute Gasteiger partial charge is 0.276 e. The molecule has 0 amide bonds. The molecule has 0 saturated heterocycles. The Morgan fingerprint density at radius 1 is 0.957 bits per heavy atom. The number of imidazole rings is 1. The fraction of sp³-hybridized carbons (Fsp3) is 0.643. The van der Waals surface area contributed by atoms with Crippen LogP contribution in [0.25, 0.3) is 11.2 Å². The second kappa shape index (κ2) is 5.71. The Morgan fingerprint density at radius 2 is 1.57 bits per heavy atom. The molecule has 1 N–H and O–H groups in total. The van der Waals surface area contributed by atoms with Crippen molar-refractivity contribution in [3.63, 3.8) is 0 Å². The summed E-state index contributed by atoms with van der Waals surface area (Å²) >= 11 is 0. The highest BCUT2D eigenvalue weighted by atomic mass is 28.4. The van der Waals surface area contributed by atoms with Gasteiger partial charge in [-0.15, -0.1) is 0 Å². The molecule has 0 radical (unpaired) electrons. The van der Waals surface area contributed by atoms with Gasteiger partial charge in [0.05, 0.1) is 0 Å². The van der Waals surface area contributed by atoms with Crippen molar-refractivity contribution in [3.8, 4) is 6.01 Å². The Morgan fingerprint density at radius 3 is 2.04 bits per heavy atom. The maximum atomic E-state index is 6.27. The summed E-state index contributed by atoms with van der Waals surface area (Å²) in [6.45, 7) is 20.1. The van der Waals surface area contributed by atoms with Crippen LogP contribution in [0.4, 0.5) is 5.82 Å². The molecule has 23 heavy (non-hydrogen) atoms. The van der Waals surface area contributed by atoms with Gasteiger partial charge in [0.15, 0.2) is 19.4 Å². The highest BCUT2D eigenvalue weighted by Gasteiger charge is 2.30. The first kappa shape index (κ1) is 18.1. The predicted octanol–water partition coefficient (Wildman–Crippen LogP) is 3.97. The zero-order valence-corrected chi connectivity index (χ0v) is 18.8. The molecule has 2 rings (SSSR count). The summed E-state index contributed by atoms with van der Waals surface area (Å²) in [7, 11) is -5.01. The molecule has 0 saturated carbocycles. The third-order valence-corrected chi connectivity index (χ3v) is 6.50. The molecular weight excluding hydrogens is 338 g/mol. The molecule has 0 aliphatic carbocycles. The number of aromatic nitrogens is 4. The quantitative estimate of drug-likeness (QED) is 0.810.